The Labute approximate surface area is 156 Å². The standard InChI is InChI=1S/C19H13F3N4O2/c20-19(21,22)14-8-6-12(7-9-14)11-23-26-17(27)16-10-15(24-18(28)25-16)13-4-2-1-3-5-13/h1-11H,(H,26,27)(H,24,25,28)/b23-11+. The molecule has 9 heteroatoms. The zero-order valence-electron chi connectivity index (χ0n) is 14.2. The Kier molecular flexibility index (Phi) is 5.35. The Morgan fingerprint density at radius 1 is 1.07 bits per heavy atom. The van der Waals surface area contributed by atoms with Gasteiger partial charge in [0.15, 0.2) is 0 Å². The molecule has 0 saturated carbocycles. The Hall–Kier alpha value is -3.75. The summed E-state index contributed by atoms with van der Waals surface area (Å²) in [5, 5.41) is 3.69. The maximum Gasteiger partial charge on any atom is 0.416 e. The fourth-order valence-corrected chi connectivity index (χ4v) is 2.32. The number of nitrogens with zero attached hydrogens (tertiary/aromatic N) is 2. The molecule has 2 aromatic carbocycles. The average Bonchev–Trinajstić information content (AvgIpc) is 2.68. The molecule has 28 heavy (non-hydrogen) atoms. The number of aromatic amines is 1. The van der Waals surface area contributed by atoms with Crippen LogP contribution in [0.2, 0.25) is 0 Å². The first kappa shape index (κ1) is 19.0. The Bertz CT molecular complexity index is 1060. The molecule has 0 spiro atoms. The van der Waals surface area contributed by atoms with Crippen molar-refractivity contribution >= 4 is 12.1 Å². The second-order valence-corrected chi connectivity index (χ2v) is 5.67. The lowest BCUT2D eigenvalue weighted by atomic mass is 10.1. The number of carbonyl (C=O) groups excluding carboxylic acids is 1. The molecule has 0 radical (unpaired) electrons. The summed E-state index contributed by atoms with van der Waals surface area (Å²) in [5.74, 6) is -0.695. The third-order valence-electron chi connectivity index (χ3n) is 3.68. The number of hydrazone groups is 1. The molecule has 6 nitrogen and oxygen atoms in total. The Balaban J connectivity index is 1.72. The summed E-state index contributed by atoms with van der Waals surface area (Å²) in [6, 6.07) is 14.5. The maximum absolute atomic E-state index is 12.5. The van der Waals surface area contributed by atoms with Crippen molar-refractivity contribution in [3.8, 4) is 11.3 Å². The van der Waals surface area contributed by atoms with Gasteiger partial charge in [0.1, 0.15) is 5.69 Å². The van der Waals surface area contributed by atoms with Gasteiger partial charge in [0.2, 0.25) is 0 Å². The first-order chi connectivity index (χ1) is 13.3. The smallest absolute Gasteiger partial charge is 0.301 e. The van der Waals surface area contributed by atoms with Crippen molar-refractivity contribution in [3.05, 3.63) is 88.0 Å². The second kappa shape index (κ2) is 7.87. The summed E-state index contributed by atoms with van der Waals surface area (Å²) >= 11 is 0. The van der Waals surface area contributed by atoms with Crippen molar-refractivity contribution in [3.63, 3.8) is 0 Å². The number of halogens is 3. The third-order valence-corrected chi connectivity index (χ3v) is 3.68. The van der Waals surface area contributed by atoms with Gasteiger partial charge in [-0.2, -0.15) is 23.3 Å². The predicted molar refractivity (Wildman–Crippen MR) is 96.8 cm³/mol. The van der Waals surface area contributed by atoms with Crippen molar-refractivity contribution in [2.45, 2.75) is 6.18 Å². The minimum atomic E-state index is -4.42. The van der Waals surface area contributed by atoms with Crippen LogP contribution >= 0.6 is 0 Å². The molecule has 0 aliphatic rings. The average molecular weight is 386 g/mol. The highest BCUT2D eigenvalue weighted by atomic mass is 19.4. The molecule has 0 bridgehead atoms. The highest BCUT2D eigenvalue weighted by molar-refractivity contribution is 5.93. The lowest BCUT2D eigenvalue weighted by molar-refractivity contribution is -0.137. The van der Waals surface area contributed by atoms with Crippen molar-refractivity contribution in [2.75, 3.05) is 0 Å². The number of hydrogen-bond donors (Lipinski definition) is 2. The molecule has 0 fully saturated rings. The number of alkyl halides is 3. The normalized spacial score (nSPS) is 11.5. The molecule has 0 atom stereocenters. The molecule has 1 heterocycles. The van der Waals surface area contributed by atoms with Crippen LogP contribution in [0, 0.1) is 0 Å². The van der Waals surface area contributed by atoms with Gasteiger partial charge in [0.25, 0.3) is 5.91 Å². The molecule has 0 unspecified atom stereocenters. The third kappa shape index (κ3) is 4.70. The molecular formula is C19H13F3N4O2. The molecular weight excluding hydrogens is 373 g/mol. The Morgan fingerprint density at radius 2 is 1.75 bits per heavy atom. The number of amides is 1. The molecule has 142 valence electrons. The lowest BCUT2D eigenvalue weighted by Gasteiger charge is -2.06. The number of hydrogen-bond acceptors (Lipinski definition) is 4. The van der Waals surface area contributed by atoms with Crippen LogP contribution < -0.4 is 11.1 Å². The zero-order chi connectivity index (χ0) is 20.1. The van der Waals surface area contributed by atoms with Gasteiger partial charge in [-0.15, -0.1) is 0 Å². The van der Waals surface area contributed by atoms with Gasteiger partial charge >= 0.3 is 11.9 Å². The SMILES string of the molecule is O=C(N/N=C/c1ccc(C(F)(F)F)cc1)c1cc(-c2ccccc2)nc(=O)[nH]1. The summed E-state index contributed by atoms with van der Waals surface area (Å²) in [5.41, 5.74) is 2.02. The summed E-state index contributed by atoms with van der Waals surface area (Å²) in [4.78, 5) is 30.0. The van der Waals surface area contributed by atoms with Gasteiger partial charge in [-0.05, 0) is 23.8 Å². The van der Waals surface area contributed by atoms with Gasteiger partial charge in [-0.3, -0.25) is 4.79 Å². The minimum absolute atomic E-state index is 0.0524. The van der Waals surface area contributed by atoms with E-state index in [-0.39, 0.29) is 5.69 Å². The van der Waals surface area contributed by atoms with Crippen LogP contribution in [0.4, 0.5) is 13.2 Å². The van der Waals surface area contributed by atoms with E-state index in [1.165, 1.54) is 24.4 Å². The highest BCUT2D eigenvalue weighted by Gasteiger charge is 2.29. The summed E-state index contributed by atoms with van der Waals surface area (Å²) in [6.45, 7) is 0. The van der Waals surface area contributed by atoms with Crippen LogP contribution in [0.25, 0.3) is 11.3 Å². The van der Waals surface area contributed by atoms with E-state index < -0.39 is 23.3 Å². The van der Waals surface area contributed by atoms with E-state index >= 15 is 0 Å². The summed E-state index contributed by atoms with van der Waals surface area (Å²) in [6.07, 6.45) is -3.23. The molecule has 2 N–H and O–H groups in total. The summed E-state index contributed by atoms with van der Waals surface area (Å²) < 4.78 is 37.6. The molecule has 3 aromatic rings. The van der Waals surface area contributed by atoms with E-state index in [2.05, 4.69) is 20.5 Å². The molecule has 1 amide bonds. The summed E-state index contributed by atoms with van der Waals surface area (Å²) in [7, 11) is 0. The van der Waals surface area contributed by atoms with Crippen LogP contribution in [0.15, 0.2) is 70.6 Å². The maximum atomic E-state index is 12.5. The molecule has 0 aliphatic heterocycles. The van der Waals surface area contributed by atoms with E-state index in [4.69, 9.17) is 0 Å². The first-order valence-corrected chi connectivity index (χ1v) is 8.00. The van der Waals surface area contributed by atoms with E-state index in [1.54, 1.807) is 30.3 Å². The number of aromatic nitrogens is 2. The van der Waals surface area contributed by atoms with Crippen molar-refractivity contribution < 1.29 is 18.0 Å². The van der Waals surface area contributed by atoms with Crippen molar-refractivity contribution in [2.24, 2.45) is 5.10 Å². The zero-order valence-corrected chi connectivity index (χ0v) is 14.2. The van der Waals surface area contributed by atoms with Gasteiger partial charge in [-0.1, -0.05) is 42.5 Å². The lowest BCUT2D eigenvalue weighted by Crippen LogP contribution is -2.24. The number of rotatable bonds is 4. The Morgan fingerprint density at radius 3 is 2.39 bits per heavy atom. The van der Waals surface area contributed by atoms with Crippen LogP contribution in [0.3, 0.4) is 0 Å². The first-order valence-electron chi connectivity index (χ1n) is 8.00. The van der Waals surface area contributed by atoms with Crippen molar-refractivity contribution in [1.29, 1.82) is 0 Å². The van der Waals surface area contributed by atoms with Crippen LogP contribution in [-0.4, -0.2) is 22.1 Å². The monoisotopic (exact) mass is 386 g/mol. The fraction of sp³-hybridized carbons (Fsp3) is 0.0526. The van der Waals surface area contributed by atoms with E-state index in [9.17, 15) is 22.8 Å². The number of nitrogens with one attached hydrogen (secondary N) is 2. The van der Waals surface area contributed by atoms with Crippen LogP contribution in [-0.2, 0) is 6.18 Å². The van der Waals surface area contributed by atoms with E-state index in [0.29, 0.717) is 16.8 Å². The van der Waals surface area contributed by atoms with E-state index in [0.717, 1.165) is 12.1 Å². The molecule has 1 aromatic heterocycles. The second-order valence-electron chi connectivity index (χ2n) is 5.67. The quantitative estimate of drug-likeness (QED) is 0.533. The predicted octanol–water partition coefficient (Wildman–Crippen LogP) is 3.22. The van der Waals surface area contributed by atoms with E-state index in [1.807, 2.05) is 0 Å². The molecule has 0 aliphatic carbocycles. The van der Waals surface area contributed by atoms with Gasteiger partial charge < -0.3 is 4.98 Å². The minimum Gasteiger partial charge on any atom is -0.301 e. The van der Waals surface area contributed by atoms with Crippen molar-refractivity contribution in [1.82, 2.24) is 15.4 Å². The topological polar surface area (TPSA) is 87.2 Å². The largest absolute Gasteiger partial charge is 0.416 e. The molecule has 3 rings (SSSR count). The van der Waals surface area contributed by atoms with Gasteiger partial charge in [0.05, 0.1) is 17.5 Å². The number of carbonyl (C=O) groups is 1. The van der Waals surface area contributed by atoms with Gasteiger partial charge in [0, 0.05) is 5.56 Å². The molecule has 0 saturated heterocycles. The fourth-order valence-electron chi connectivity index (χ4n) is 2.32. The number of H-pyrrole nitrogens is 1. The van der Waals surface area contributed by atoms with Crippen LogP contribution in [0.5, 0.6) is 0 Å². The van der Waals surface area contributed by atoms with Gasteiger partial charge in [-0.25, -0.2) is 10.2 Å². The number of benzene rings is 2. The highest BCUT2D eigenvalue weighted by Crippen LogP contribution is 2.28. The van der Waals surface area contributed by atoms with Crippen LogP contribution in [0.1, 0.15) is 21.6 Å².